The standard InChI is InChI=1S/F2NO2S2/c1-6(4)3-7(2)5/q-1. The van der Waals surface area contributed by atoms with E-state index in [2.05, 4.69) is 0 Å². The van der Waals surface area contributed by atoms with Gasteiger partial charge in [0.05, 0.1) is 0 Å². The predicted octanol–water partition coefficient (Wildman–Crippen LogP) is 0.457. The summed E-state index contributed by atoms with van der Waals surface area (Å²) in [5.41, 5.74) is 0. The van der Waals surface area contributed by atoms with Crippen LogP contribution in [0.3, 0.4) is 0 Å². The minimum atomic E-state index is -3.15. The molecule has 0 bridgehead atoms. The minimum Gasteiger partial charge on any atom is -0.589 e. The Bertz CT molecular complexity index is 43.0. The highest BCUT2D eigenvalue weighted by Gasteiger charge is 1.99. The summed E-state index contributed by atoms with van der Waals surface area (Å²) in [6.07, 6.45) is 0. The predicted molar refractivity (Wildman–Crippen MR) is 21.9 cm³/mol. The molecule has 0 aromatic heterocycles. The zero-order valence-corrected chi connectivity index (χ0v) is 4.47. The second-order valence-corrected chi connectivity index (χ2v) is 1.91. The fourth-order valence-corrected chi connectivity index (χ4v) is 0.415. The molecule has 44 valence electrons. The molecule has 0 heterocycles. The summed E-state index contributed by atoms with van der Waals surface area (Å²) in [5, 5.41) is 0. The van der Waals surface area contributed by atoms with Crippen LogP contribution >= 0.6 is 0 Å². The Balaban J connectivity index is 2.95. The van der Waals surface area contributed by atoms with Gasteiger partial charge in [-0.1, -0.05) is 0 Å². The Morgan fingerprint density at radius 1 is 1.14 bits per heavy atom. The highest BCUT2D eigenvalue weighted by Crippen LogP contribution is 2.11. The Labute approximate surface area is 45.3 Å². The molecule has 0 aromatic rings. The molecule has 0 saturated heterocycles. The van der Waals surface area contributed by atoms with Crippen LogP contribution in [-0.4, -0.2) is 9.11 Å². The van der Waals surface area contributed by atoms with E-state index in [9.17, 15) is 7.77 Å². The van der Waals surface area contributed by atoms with Gasteiger partial charge >= 0.3 is 0 Å². The Morgan fingerprint density at radius 2 is 1.43 bits per heavy atom. The van der Waals surface area contributed by atoms with Crippen molar-refractivity contribution < 1.29 is 16.9 Å². The maximum absolute atomic E-state index is 10.8. The van der Waals surface area contributed by atoms with Crippen molar-refractivity contribution in [2.45, 2.75) is 0 Å². The van der Waals surface area contributed by atoms with Crippen LogP contribution in [0.15, 0.2) is 0 Å². The summed E-state index contributed by atoms with van der Waals surface area (Å²) < 4.78 is 41.7. The Kier molecular flexibility index (Phi) is 3.66. The fraction of sp³-hybridized carbons (Fsp3) is 0. The van der Waals surface area contributed by atoms with Crippen LogP contribution in [0.25, 0.3) is 4.13 Å². The molecule has 0 aliphatic carbocycles. The summed E-state index contributed by atoms with van der Waals surface area (Å²) in [6, 6.07) is 0. The molecule has 7 heteroatoms. The van der Waals surface area contributed by atoms with Crippen molar-refractivity contribution in [1.29, 1.82) is 0 Å². The van der Waals surface area contributed by atoms with Crippen LogP contribution in [0.4, 0.5) is 7.77 Å². The highest BCUT2D eigenvalue weighted by molar-refractivity contribution is 8.07. The quantitative estimate of drug-likeness (QED) is 0.534. The lowest BCUT2D eigenvalue weighted by molar-refractivity contribution is 0.548. The first kappa shape index (κ1) is 7.44. The third-order valence-electron chi connectivity index (χ3n) is 0.117. The van der Waals surface area contributed by atoms with E-state index < -0.39 is 23.5 Å². The van der Waals surface area contributed by atoms with E-state index in [1.54, 1.807) is 0 Å². The van der Waals surface area contributed by atoms with Gasteiger partial charge in [0.15, 0.2) is 0 Å². The summed E-state index contributed by atoms with van der Waals surface area (Å²) in [7, 11) is 0. The number of nitrogens with zero attached hydrogens (tertiary/aromatic N) is 1. The van der Waals surface area contributed by atoms with E-state index in [1.807, 2.05) is 4.13 Å². The van der Waals surface area contributed by atoms with E-state index in [0.717, 1.165) is 0 Å². The lowest BCUT2D eigenvalue weighted by atomic mass is 13.9. The third-order valence-corrected chi connectivity index (χ3v) is 1.05. The van der Waals surface area contributed by atoms with Crippen LogP contribution in [-0.2, 0) is 23.5 Å². The molecule has 0 fully saturated rings. The lowest BCUT2D eigenvalue weighted by Crippen LogP contribution is -1.94. The smallest absolute Gasteiger partial charge is 0.146 e. The first-order valence-corrected chi connectivity index (χ1v) is 3.02. The molecular formula is F2NO2S2-. The van der Waals surface area contributed by atoms with Gasteiger partial charge in [-0.15, -0.1) is 4.13 Å². The maximum atomic E-state index is 10.8. The van der Waals surface area contributed by atoms with Crippen molar-refractivity contribution in [3.63, 3.8) is 0 Å². The molecule has 0 N–H and O–H groups in total. The van der Waals surface area contributed by atoms with Crippen LogP contribution < -0.4 is 0 Å². The van der Waals surface area contributed by atoms with Crippen LogP contribution in [0, 0.1) is 0 Å². The largest absolute Gasteiger partial charge is 0.589 e. The topological polar surface area (TPSA) is 60.2 Å². The van der Waals surface area contributed by atoms with E-state index in [0.29, 0.717) is 0 Å². The molecule has 0 amide bonds. The van der Waals surface area contributed by atoms with E-state index in [-0.39, 0.29) is 0 Å². The second kappa shape index (κ2) is 3.44. The van der Waals surface area contributed by atoms with Crippen molar-refractivity contribution in [2.75, 3.05) is 0 Å². The molecular weight excluding hydrogens is 148 g/mol. The molecule has 0 rings (SSSR count). The van der Waals surface area contributed by atoms with Gasteiger partial charge in [0, 0.05) is 7.77 Å². The first-order valence-electron chi connectivity index (χ1n) is 1.01. The monoisotopic (exact) mass is 148 g/mol. The third kappa shape index (κ3) is 6.44. The molecule has 0 spiro atoms. The highest BCUT2D eigenvalue weighted by atomic mass is 32.3. The van der Waals surface area contributed by atoms with Crippen molar-refractivity contribution in [2.24, 2.45) is 0 Å². The first-order chi connectivity index (χ1) is 3.13. The molecule has 2 unspecified atom stereocenters. The van der Waals surface area contributed by atoms with E-state index >= 15 is 0 Å². The van der Waals surface area contributed by atoms with Gasteiger partial charge in [-0.3, -0.25) is 0 Å². The average Bonchev–Trinajstić information content (AvgIpc) is 1.27. The van der Waals surface area contributed by atoms with Crippen molar-refractivity contribution >= 4 is 23.5 Å². The maximum Gasteiger partial charge on any atom is 0.146 e. The Morgan fingerprint density at radius 3 is 1.43 bits per heavy atom. The summed E-state index contributed by atoms with van der Waals surface area (Å²) in [6.45, 7) is 0. The fourth-order valence-electron chi connectivity index (χ4n) is 0.0461. The summed E-state index contributed by atoms with van der Waals surface area (Å²) in [4.78, 5) is 0. The van der Waals surface area contributed by atoms with Crippen molar-refractivity contribution in [3.8, 4) is 0 Å². The molecule has 3 nitrogen and oxygen atoms in total. The average molecular weight is 148 g/mol. The molecule has 0 saturated carbocycles. The minimum absolute atomic E-state index is 1.89. The number of hydrogen-bond acceptors (Lipinski definition) is 2. The van der Waals surface area contributed by atoms with Crippen LogP contribution in [0.2, 0.25) is 0 Å². The zero-order chi connectivity index (χ0) is 5.86. The van der Waals surface area contributed by atoms with Gasteiger partial charge in [-0.05, 0) is 0 Å². The van der Waals surface area contributed by atoms with Crippen LogP contribution in [0.1, 0.15) is 0 Å². The van der Waals surface area contributed by atoms with Crippen LogP contribution in [0.5, 0.6) is 0 Å². The molecule has 0 aliphatic heterocycles. The molecule has 0 aromatic carbocycles. The second-order valence-electron chi connectivity index (χ2n) is 0.488. The van der Waals surface area contributed by atoms with E-state index in [1.165, 1.54) is 0 Å². The number of hydrogen-bond donors (Lipinski definition) is 0. The van der Waals surface area contributed by atoms with Gasteiger partial charge in [0.1, 0.15) is 23.5 Å². The lowest BCUT2D eigenvalue weighted by Gasteiger charge is -2.05. The van der Waals surface area contributed by atoms with E-state index in [4.69, 9.17) is 9.11 Å². The van der Waals surface area contributed by atoms with Gasteiger partial charge in [0.25, 0.3) is 0 Å². The van der Waals surface area contributed by atoms with Crippen molar-refractivity contribution in [3.05, 3.63) is 4.13 Å². The number of halogens is 2. The molecule has 0 radical (unpaired) electrons. The zero-order valence-electron chi connectivity index (χ0n) is 2.84. The van der Waals surface area contributed by atoms with Crippen molar-refractivity contribution in [1.82, 2.24) is 0 Å². The number of rotatable bonds is 2. The molecule has 7 heavy (non-hydrogen) atoms. The van der Waals surface area contributed by atoms with Gasteiger partial charge in [-0.25, -0.2) is 0 Å². The molecule has 0 aliphatic rings. The summed E-state index contributed by atoms with van der Waals surface area (Å²) >= 11 is -6.29. The normalized spacial score (nSPS) is 18.9. The SMILES string of the molecule is [O-][S+](F)[N-][S+]([O-])F. The Hall–Kier alpha value is 0.440. The van der Waals surface area contributed by atoms with Gasteiger partial charge < -0.3 is 9.11 Å². The van der Waals surface area contributed by atoms with Gasteiger partial charge in [0.2, 0.25) is 0 Å². The molecule has 2 atom stereocenters. The van der Waals surface area contributed by atoms with Gasteiger partial charge in [-0.2, -0.15) is 0 Å². The summed E-state index contributed by atoms with van der Waals surface area (Å²) in [5.74, 6) is 0.